The summed E-state index contributed by atoms with van der Waals surface area (Å²) in [5.74, 6) is -0.237. The van der Waals surface area contributed by atoms with Crippen LogP contribution in [0.15, 0.2) is 24.3 Å². The highest BCUT2D eigenvalue weighted by Gasteiger charge is 2.05. The maximum atomic E-state index is 12.6. The lowest BCUT2D eigenvalue weighted by atomic mass is 10.2. The third kappa shape index (κ3) is 1.99. The zero-order valence-corrected chi connectivity index (χ0v) is 9.48. The predicted octanol–water partition coefficient (Wildman–Crippen LogP) is 3.24. The fourth-order valence-corrected chi connectivity index (χ4v) is 2.17. The van der Waals surface area contributed by atoms with E-state index in [1.54, 1.807) is 12.1 Å². The van der Waals surface area contributed by atoms with E-state index in [0.717, 1.165) is 15.6 Å². The normalized spacial score (nSPS) is 10.4. The number of rotatable bonds is 2. The maximum absolute atomic E-state index is 12.6. The van der Waals surface area contributed by atoms with Crippen molar-refractivity contribution in [3.8, 4) is 10.6 Å². The standard InChI is InChI=1S/C9H6BrFN2S/c10-5-8-12-13-9(14-8)6-1-3-7(11)4-2-6/h1-4H,5H2. The number of hydrogen-bond acceptors (Lipinski definition) is 3. The van der Waals surface area contributed by atoms with Crippen LogP contribution in [0, 0.1) is 5.82 Å². The lowest BCUT2D eigenvalue weighted by molar-refractivity contribution is 0.628. The van der Waals surface area contributed by atoms with E-state index >= 15 is 0 Å². The van der Waals surface area contributed by atoms with Crippen molar-refractivity contribution in [1.82, 2.24) is 10.2 Å². The summed E-state index contributed by atoms with van der Waals surface area (Å²) in [6.07, 6.45) is 0. The van der Waals surface area contributed by atoms with E-state index in [-0.39, 0.29) is 5.82 Å². The monoisotopic (exact) mass is 272 g/mol. The first-order chi connectivity index (χ1) is 6.79. The van der Waals surface area contributed by atoms with Crippen LogP contribution in [0.3, 0.4) is 0 Å². The van der Waals surface area contributed by atoms with Crippen LogP contribution in [0.1, 0.15) is 5.01 Å². The number of hydrogen-bond donors (Lipinski definition) is 0. The second-order valence-electron chi connectivity index (χ2n) is 2.64. The van der Waals surface area contributed by atoms with Crippen LogP contribution in [-0.2, 0) is 5.33 Å². The quantitative estimate of drug-likeness (QED) is 0.785. The van der Waals surface area contributed by atoms with Crippen molar-refractivity contribution < 1.29 is 4.39 Å². The van der Waals surface area contributed by atoms with Gasteiger partial charge in [0.25, 0.3) is 0 Å². The fraction of sp³-hybridized carbons (Fsp3) is 0.111. The largest absolute Gasteiger partial charge is 0.207 e. The molecule has 0 amide bonds. The van der Waals surface area contributed by atoms with Crippen LogP contribution >= 0.6 is 27.3 Å². The van der Waals surface area contributed by atoms with E-state index in [1.807, 2.05) is 0 Å². The summed E-state index contributed by atoms with van der Waals surface area (Å²) < 4.78 is 12.6. The maximum Gasteiger partial charge on any atom is 0.147 e. The van der Waals surface area contributed by atoms with Crippen molar-refractivity contribution in [2.24, 2.45) is 0 Å². The van der Waals surface area contributed by atoms with Crippen molar-refractivity contribution in [2.75, 3.05) is 0 Å². The topological polar surface area (TPSA) is 25.8 Å². The van der Waals surface area contributed by atoms with Crippen molar-refractivity contribution in [3.63, 3.8) is 0 Å². The minimum absolute atomic E-state index is 0.237. The van der Waals surface area contributed by atoms with E-state index in [2.05, 4.69) is 26.1 Å². The molecule has 0 bridgehead atoms. The van der Waals surface area contributed by atoms with Gasteiger partial charge in [0, 0.05) is 5.56 Å². The molecule has 0 aliphatic heterocycles. The molecular formula is C9H6BrFN2S. The second-order valence-corrected chi connectivity index (χ2v) is 4.26. The summed E-state index contributed by atoms with van der Waals surface area (Å²) in [6.45, 7) is 0. The lowest BCUT2D eigenvalue weighted by Gasteiger charge is -1.93. The van der Waals surface area contributed by atoms with Crippen molar-refractivity contribution >= 4 is 27.3 Å². The molecule has 0 saturated heterocycles. The minimum atomic E-state index is -0.237. The molecule has 0 fully saturated rings. The Bertz CT molecular complexity index is 427. The summed E-state index contributed by atoms with van der Waals surface area (Å²) in [5.41, 5.74) is 0.899. The van der Waals surface area contributed by atoms with E-state index in [1.165, 1.54) is 23.5 Å². The Balaban J connectivity index is 2.34. The van der Waals surface area contributed by atoms with Gasteiger partial charge >= 0.3 is 0 Å². The third-order valence-electron chi connectivity index (χ3n) is 1.67. The molecule has 0 unspecified atom stereocenters. The van der Waals surface area contributed by atoms with E-state index in [0.29, 0.717) is 5.33 Å². The molecule has 1 aromatic carbocycles. The number of benzene rings is 1. The number of nitrogens with zero attached hydrogens (tertiary/aromatic N) is 2. The van der Waals surface area contributed by atoms with Gasteiger partial charge in [0.05, 0.1) is 5.33 Å². The van der Waals surface area contributed by atoms with Crippen LogP contribution in [0.5, 0.6) is 0 Å². The molecular weight excluding hydrogens is 267 g/mol. The number of aromatic nitrogens is 2. The first kappa shape index (κ1) is 9.73. The molecule has 1 heterocycles. The Labute approximate surface area is 92.9 Å². The molecule has 0 atom stereocenters. The summed E-state index contributed by atoms with van der Waals surface area (Å²) in [7, 11) is 0. The van der Waals surface area contributed by atoms with Gasteiger partial charge in [0.15, 0.2) is 0 Å². The highest BCUT2D eigenvalue weighted by Crippen LogP contribution is 2.24. The van der Waals surface area contributed by atoms with Gasteiger partial charge in [-0.05, 0) is 24.3 Å². The smallest absolute Gasteiger partial charge is 0.147 e. The summed E-state index contributed by atoms with van der Waals surface area (Å²) in [4.78, 5) is 0. The summed E-state index contributed by atoms with van der Waals surface area (Å²) in [6, 6.07) is 6.25. The van der Waals surface area contributed by atoms with Gasteiger partial charge in [0.1, 0.15) is 15.8 Å². The van der Waals surface area contributed by atoms with Crippen LogP contribution in [0.4, 0.5) is 4.39 Å². The van der Waals surface area contributed by atoms with Crippen molar-refractivity contribution in [1.29, 1.82) is 0 Å². The molecule has 5 heteroatoms. The Morgan fingerprint density at radius 1 is 1.21 bits per heavy atom. The Morgan fingerprint density at radius 2 is 1.93 bits per heavy atom. The second kappa shape index (κ2) is 4.14. The molecule has 72 valence electrons. The van der Waals surface area contributed by atoms with Gasteiger partial charge < -0.3 is 0 Å². The van der Waals surface area contributed by atoms with Gasteiger partial charge in [-0.25, -0.2) is 4.39 Å². The molecule has 0 radical (unpaired) electrons. The Morgan fingerprint density at radius 3 is 2.50 bits per heavy atom. The van der Waals surface area contributed by atoms with Crippen molar-refractivity contribution in [3.05, 3.63) is 35.1 Å². The SMILES string of the molecule is Fc1ccc(-c2nnc(CBr)s2)cc1. The highest BCUT2D eigenvalue weighted by atomic mass is 79.9. The van der Waals surface area contributed by atoms with Crippen LogP contribution < -0.4 is 0 Å². The van der Waals surface area contributed by atoms with Gasteiger partial charge in [0.2, 0.25) is 0 Å². The summed E-state index contributed by atoms with van der Waals surface area (Å²) >= 11 is 4.80. The molecule has 2 aromatic rings. The molecule has 0 N–H and O–H groups in total. The average molecular weight is 273 g/mol. The Kier molecular flexibility index (Phi) is 2.88. The predicted molar refractivity (Wildman–Crippen MR) is 57.9 cm³/mol. The first-order valence-electron chi connectivity index (χ1n) is 3.94. The molecule has 1 aromatic heterocycles. The zero-order valence-electron chi connectivity index (χ0n) is 7.08. The van der Waals surface area contributed by atoms with Gasteiger partial charge in [-0.3, -0.25) is 0 Å². The van der Waals surface area contributed by atoms with Crippen LogP contribution in [0.2, 0.25) is 0 Å². The fourth-order valence-electron chi connectivity index (χ4n) is 1.02. The average Bonchev–Trinajstić information content (AvgIpc) is 2.67. The zero-order chi connectivity index (χ0) is 9.97. The molecule has 2 rings (SSSR count). The number of halogens is 2. The van der Waals surface area contributed by atoms with E-state index in [9.17, 15) is 4.39 Å². The molecule has 0 aliphatic rings. The minimum Gasteiger partial charge on any atom is -0.207 e. The van der Waals surface area contributed by atoms with Crippen molar-refractivity contribution in [2.45, 2.75) is 5.33 Å². The highest BCUT2D eigenvalue weighted by molar-refractivity contribution is 9.08. The van der Waals surface area contributed by atoms with E-state index < -0.39 is 0 Å². The first-order valence-corrected chi connectivity index (χ1v) is 5.87. The van der Waals surface area contributed by atoms with Gasteiger partial charge in [-0.2, -0.15) is 0 Å². The number of alkyl halides is 1. The molecule has 2 nitrogen and oxygen atoms in total. The molecule has 0 saturated carbocycles. The molecule has 14 heavy (non-hydrogen) atoms. The molecule has 0 spiro atoms. The molecule has 0 aliphatic carbocycles. The van der Waals surface area contributed by atoms with E-state index in [4.69, 9.17) is 0 Å². The van der Waals surface area contributed by atoms with Crippen LogP contribution in [0.25, 0.3) is 10.6 Å². The summed E-state index contributed by atoms with van der Waals surface area (Å²) in [5, 5.41) is 10.4. The van der Waals surface area contributed by atoms with Gasteiger partial charge in [-0.1, -0.05) is 27.3 Å². The van der Waals surface area contributed by atoms with Gasteiger partial charge in [-0.15, -0.1) is 10.2 Å². The third-order valence-corrected chi connectivity index (χ3v) is 3.55. The Hall–Kier alpha value is -0.810. The lowest BCUT2D eigenvalue weighted by Crippen LogP contribution is -1.78. The van der Waals surface area contributed by atoms with Crippen LogP contribution in [-0.4, -0.2) is 10.2 Å².